The third-order valence-corrected chi connectivity index (χ3v) is 4.56. The van der Waals surface area contributed by atoms with Crippen molar-refractivity contribution in [2.45, 2.75) is 20.4 Å². The molecule has 4 rings (SSSR count). The van der Waals surface area contributed by atoms with Crippen molar-refractivity contribution in [3.8, 4) is 6.07 Å². The highest BCUT2D eigenvalue weighted by Gasteiger charge is 2.20. The summed E-state index contributed by atoms with van der Waals surface area (Å²) in [6, 6.07) is 11.4. The van der Waals surface area contributed by atoms with E-state index in [9.17, 15) is 4.79 Å². The van der Waals surface area contributed by atoms with Crippen LogP contribution in [0.15, 0.2) is 52.3 Å². The number of nitrogens with one attached hydrogen (secondary N) is 1. The summed E-state index contributed by atoms with van der Waals surface area (Å²) in [5.41, 5.74) is 6.52. The average molecular weight is 356 g/mol. The smallest absolute Gasteiger partial charge is 0.274 e. The fourth-order valence-corrected chi connectivity index (χ4v) is 3.15. The SMILES string of the molecule is Cc1cc(C#N)c(C)nc1C(=O)Nc1ccc2c(c1)C(c1ccoc1)=NC2. The van der Waals surface area contributed by atoms with E-state index in [1.165, 1.54) is 0 Å². The molecule has 1 aromatic carbocycles. The number of hydrogen-bond acceptors (Lipinski definition) is 5. The van der Waals surface area contributed by atoms with E-state index in [1.807, 2.05) is 24.3 Å². The van der Waals surface area contributed by atoms with Crippen LogP contribution in [0, 0.1) is 25.2 Å². The standard InChI is InChI=1S/C21H16N4O2/c1-12-7-16(9-22)13(2)24-19(12)21(26)25-17-4-3-14-10-23-20(18(14)8-17)15-5-6-27-11-15/h3-8,11H,10H2,1-2H3,(H,25,26). The molecule has 0 aliphatic carbocycles. The lowest BCUT2D eigenvalue weighted by Crippen LogP contribution is -2.16. The van der Waals surface area contributed by atoms with Crippen LogP contribution in [0.25, 0.3) is 0 Å². The molecule has 27 heavy (non-hydrogen) atoms. The van der Waals surface area contributed by atoms with Crippen LogP contribution in [0.1, 0.15) is 44.0 Å². The summed E-state index contributed by atoms with van der Waals surface area (Å²) in [5, 5.41) is 12.0. The van der Waals surface area contributed by atoms with Gasteiger partial charge in [0.25, 0.3) is 5.91 Å². The molecule has 0 unspecified atom stereocenters. The Morgan fingerprint density at radius 2 is 2.11 bits per heavy atom. The van der Waals surface area contributed by atoms with Crippen LogP contribution in [-0.2, 0) is 6.54 Å². The Morgan fingerprint density at radius 3 is 2.85 bits per heavy atom. The summed E-state index contributed by atoms with van der Waals surface area (Å²) >= 11 is 0. The number of aromatic nitrogens is 1. The number of fused-ring (bicyclic) bond motifs is 1. The minimum Gasteiger partial charge on any atom is -0.472 e. The summed E-state index contributed by atoms with van der Waals surface area (Å²) in [4.78, 5) is 21.6. The average Bonchev–Trinajstić information content (AvgIpc) is 3.32. The zero-order valence-electron chi connectivity index (χ0n) is 14.9. The first-order valence-corrected chi connectivity index (χ1v) is 8.47. The van der Waals surface area contributed by atoms with Crippen molar-refractivity contribution in [1.82, 2.24) is 4.98 Å². The monoisotopic (exact) mass is 356 g/mol. The van der Waals surface area contributed by atoms with Crippen LogP contribution >= 0.6 is 0 Å². The summed E-state index contributed by atoms with van der Waals surface area (Å²) in [7, 11) is 0. The lowest BCUT2D eigenvalue weighted by atomic mass is 10.0. The number of nitrogens with zero attached hydrogens (tertiary/aromatic N) is 3. The molecule has 1 amide bonds. The Morgan fingerprint density at radius 1 is 1.26 bits per heavy atom. The Kier molecular flexibility index (Phi) is 4.05. The van der Waals surface area contributed by atoms with Crippen molar-refractivity contribution in [1.29, 1.82) is 5.26 Å². The Balaban J connectivity index is 1.62. The maximum atomic E-state index is 12.7. The molecule has 0 bridgehead atoms. The molecule has 3 aromatic rings. The lowest BCUT2D eigenvalue weighted by Gasteiger charge is -2.10. The second kappa shape index (κ2) is 6.54. The van der Waals surface area contributed by atoms with E-state index >= 15 is 0 Å². The first-order chi connectivity index (χ1) is 13.1. The van der Waals surface area contributed by atoms with Crippen molar-refractivity contribution in [3.05, 3.63) is 82.1 Å². The largest absolute Gasteiger partial charge is 0.472 e. The van der Waals surface area contributed by atoms with E-state index in [4.69, 9.17) is 9.68 Å². The molecule has 0 saturated heterocycles. The molecule has 0 spiro atoms. The van der Waals surface area contributed by atoms with Crippen molar-refractivity contribution in [3.63, 3.8) is 0 Å². The summed E-state index contributed by atoms with van der Waals surface area (Å²) in [5.74, 6) is -0.306. The third-order valence-electron chi connectivity index (χ3n) is 4.56. The van der Waals surface area contributed by atoms with Gasteiger partial charge in [-0.2, -0.15) is 5.26 Å². The van der Waals surface area contributed by atoms with Crippen molar-refractivity contribution in [2.75, 3.05) is 5.32 Å². The van der Waals surface area contributed by atoms with Gasteiger partial charge in [0, 0.05) is 16.8 Å². The number of aryl methyl sites for hydroxylation is 2. The molecule has 0 saturated carbocycles. The minimum atomic E-state index is -0.306. The molecule has 0 atom stereocenters. The normalized spacial score (nSPS) is 12.3. The van der Waals surface area contributed by atoms with Gasteiger partial charge >= 0.3 is 0 Å². The number of amides is 1. The zero-order valence-corrected chi connectivity index (χ0v) is 14.9. The van der Waals surface area contributed by atoms with Gasteiger partial charge in [-0.1, -0.05) is 6.07 Å². The minimum absolute atomic E-state index is 0.306. The number of anilines is 1. The molecular formula is C21H16N4O2. The summed E-state index contributed by atoms with van der Waals surface area (Å²) < 4.78 is 5.16. The van der Waals surface area contributed by atoms with Gasteiger partial charge in [-0.25, -0.2) is 4.98 Å². The highest BCUT2D eigenvalue weighted by atomic mass is 16.3. The number of carbonyl (C=O) groups is 1. The van der Waals surface area contributed by atoms with E-state index in [1.54, 1.807) is 32.4 Å². The van der Waals surface area contributed by atoms with Gasteiger partial charge in [-0.3, -0.25) is 9.79 Å². The van der Waals surface area contributed by atoms with E-state index in [-0.39, 0.29) is 5.91 Å². The number of benzene rings is 1. The Labute approximate surface area is 156 Å². The predicted octanol–water partition coefficient (Wildman–Crippen LogP) is 3.77. The number of hydrogen-bond donors (Lipinski definition) is 1. The van der Waals surface area contributed by atoms with Crippen LogP contribution in [-0.4, -0.2) is 16.6 Å². The van der Waals surface area contributed by atoms with Crippen LogP contribution in [0.3, 0.4) is 0 Å². The molecule has 1 aliphatic heterocycles. The molecular weight excluding hydrogens is 340 g/mol. The molecule has 2 aromatic heterocycles. The summed E-state index contributed by atoms with van der Waals surface area (Å²) in [6.07, 6.45) is 3.27. The molecule has 3 heterocycles. The second-order valence-electron chi connectivity index (χ2n) is 6.40. The predicted molar refractivity (Wildman–Crippen MR) is 101 cm³/mol. The number of nitriles is 1. The van der Waals surface area contributed by atoms with Crippen molar-refractivity contribution in [2.24, 2.45) is 4.99 Å². The first kappa shape index (κ1) is 16.7. The van der Waals surface area contributed by atoms with Crippen molar-refractivity contribution >= 4 is 17.3 Å². The maximum Gasteiger partial charge on any atom is 0.274 e. The van der Waals surface area contributed by atoms with Crippen LogP contribution in [0.4, 0.5) is 5.69 Å². The van der Waals surface area contributed by atoms with Gasteiger partial charge in [0.15, 0.2) is 0 Å². The van der Waals surface area contributed by atoms with Gasteiger partial charge < -0.3 is 9.73 Å². The van der Waals surface area contributed by atoms with Crippen LogP contribution in [0.2, 0.25) is 0 Å². The maximum absolute atomic E-state index is 12.7. The number of carbonyl (C=O) groups excluding carboxylic acids is 1. The quantitative estimate of drug-likeness (QED) is 0.773. The Bertz CT molecular complexity index is 1120. The lowest BCUT2D eigenvalue weighted by molar-refractivity contribution is 0.102. The van der Waals surface area contributed by atoms with Gasteiger partial charge in [0.1, 0.15) is 11.8 Å². The van der Waals surface area contributed by atoms with Crippen LogP contribution < -0.4 is 5.32 Å². The molecule has 1 aliphatic rings. The molecule has 6 nitrogen and oxygen atoms in total. The van der Waals surface area contributed by atoms with Crippen molar-refractivity contribution < 1.29 is 9.21 Å². The number of pyridine rings is 1. The van der Waals surface area contributed by atoms with E-state index in [0.29, 0.717) is 34.7 Å². The highest BCUT2D eigenvalue weighted by molar-refractivity contribution is 6.15. The molecule has 0 radical (unpaired) electrons. The van der Waals surface area contributed by atoms with Gasteiger partial charge in [-0.15, -0.1) is 0 Å². The van der Waals surface area contributed by atoms with Crippen LogP contribution in [0.5, 0.6) is 0 Å². The van der Waals surface area contributed by atoms with Gasteiger partial charge in [-0.05, 0) is 49.2 Å². The molecule has 0 fully saturated rings. The number of aliphatic imine (C=N–C) groups is 1. The van der Waals surface area contributed by atoms with E-state index in [0.717, 1.165) is 22.4 Å². The van der Waals surface area contributed by atoms with E-state index in [2.05, 4.69) is 21.4 Å². The fraction of sp³-hybridized carbons (Fsp3) is 0.143. The highest BCUT2D eigenvalue weighted by Crippen LogP contribution is 2.26. The van der Waals surface area contributed by atoms with Gasteiger partial charge in [0.05, 0.1) is 36.0 Å². The van der Waals surface area contributed by atoms with E-state index < -0.39 is 0 Å². The Hall–Kier alpha value is -3.72. The van der Waals surface area contributed by atoms with Gasteiger partial charge in [0.2, 0.25) is 0 Å². The molecule has 132 valence electrons. The summed E-state index contributed by atoms with van der Waals surface area (Å²) in [6.45, 7) is 4.10. The number of furan rings is 1. The third kappa shape index (κ3) is 3.00. The topological polar surface area (TPSA) is 91.3 Å². The molecule has 6 heteroatoms. The zero-order chi connectivity index (χ0) is 19.0. The first-order valence-electron chi connectivity index (χ1n) is 8.47. The second-order valence-corrected chi connectivity index (χ2v) is 6.40. The molecule has 1 N–H and O–H groups in total. The number of rotatable bonds is 3. The fourth-order valence-electron chi connectivity index (χ4n) is 3.15.